The average Bonchev–Trinajstić information content (AvgIpc) is 2.35. The highest BCUT2D eigenvalue weighted by Gasteiger charge is 2.20. The largest absolute Gasteiger partial charge is 0.388 e. The molecule has 1 aliphatic carbocycles. The molecule has 0 bridgehead atoms. The molecule has 0 spiro atoms. The maximum Gasteiger partial charge on any atom is 0.0804 e. The molecule has 14 heavy (non-hydrogen) atoms. The lowest BCUT2D eigenvalue weighted by molar-refractivity contribution is 0.166. The van der Waals surface area contributed by atoms with E-state index in [1.807, 2.05) is 12.1 Å². The molecular weight excluding hydrogens is 308 g/mol. The van der Waals surface area contributed by atoms with Crippen molar-refractivity contribution in [2.45, 2.75) is 31.8 Å². The Hall–Kier alpha value is 0.140. The highest BCUT2D eigenvalue weighted by molar-refractivity contribution is 9.11. The monoisotopic (exact) mass is 318 g/mol. The van der Waals surface area contributed by atoms with Crippen LogP contribution < -0.4 is 0 Å². The van der Waals surface area contributed by atoms with Crippen LogP contribution >= 0.6 is 31.9 Å². The second-order valence-electron chi connectivity index (χ2n) is 3.68. The van der Waals surface area contributed by atoms with E-state index < -0.39 is 0 Å². The van der Waals surface area contributed by atoms with E-state index in [0.717, 1.165) is 33.8 Å². The van der Waals surface area contributed by atoms with Crippen LogP contribution in [0.1, 0.15) is 36.5 Å². The Kier molecular flexibility index (Phi) is 3.30. The first kappa shape index (κ1) is 10.7. The minimum atomic E-state index is -0.306. The second kappa shape index (κ2) is 4.33. The smallest absolute Gasteiger partial charge is 0.0804 e. The zero-order chi connectivity index (χ0) is 10.1. The number of fused-ring (bicyclic) bond motifs is 1. The zero-order valence-electron chi connectivity index (χ0n) is 7.76. The van der Waals surface area contributed by atoms with Crippen LogP contribution in [0.5, 0.6) is 0 Å². The van der Waals surface area contributed by atoms with Crippen molar-refractivity contribution in [3.63, 3.8) is 0 Å². The summed E-state index contributed by atoms with van der Waals surface area (Å²) in [5.41, 5.74) is 2.35. The Balaban J connectivity index is 2.57. The molecule has 0 fully saturated rings. The van der Waals surface area contributed by atoms with E-state index >= 15 is 0 Å². The number of aliphatic hydroxyl groups excluding tert-OH is 1. The number of halogens is 2. The van der Waals surface area contributed by atoms with Crippen LogP contribution in [0.3, 0.4) is 0 Å². The van der Waals surface area contributed by atoms with Gasteiger partial charge in [0.15, 0.2) is 0 Å². The van der Waals surface area contributed by atoms with Gasteiger partial charge in [0.25, 0.3) is 0 Å². The summed E-state index contributed by atoms with van der Waals surface area (Å²) in [6.07, 6.45) is 3.90. The Bertz CT molecular complexity index is 349. The third-order valence-electron chi connectivity index (χ3n) is 2.73. The second-order valence-corrected chi connectivity index (χ2v) is 5.39. The molecule has 0 aliphatic heterocycles. The SMILES string of the molecule is O[C@@H]1CCCCc2c(Br)ccc(Br)c21. The molecule has 1 nitrogen and oxygen atoms in total. The molecule has 2 rings (SSSR count). The first-order chi connectivity index (χ1) is 6.70. The molecular formula is C11H12Br2O. The summed E-state index contributed by atoms with van der Waals surface area (Å²) in [4.78, 5) is 0. The number of hydrogen-bond donors (Lipinski definition) is 1. The number of rotatable bonds is 0. The molecule has 0 radical (unpaired) electrons. The van der Waals surface area contributed by atoms with Crippen LogP contribution in [0, 0.1) is 0 Å². The van der Waals surface area contributed by atoms with Crippen molar-refractivity contribution in [3.8, 4) is 0 Å². The van der Waals surface area contributed by atoms with E-state index in [0.29, 0.717) is 0 Å². The fourth-order valence-corrected chi connectivity index (χ4v) is 3.19. The van der Waals surface area contributed by atoms with E-state index in [-0.39, 0.29) is 6.10 Å². The predicted molar refractivity (Wildman–Crippen MR) is 64.4 cm³/mol. The molecule has 1 atom stereocenters. The predicted octanol–water partition coefficient (Wildman–Crippen LogP) is 3.97. The third kappa shape index (κ3) is 1.90. The minimum Gasteiger partial charge on any atom is -0.388 e. The molecule has 0 unspecified atom stereocenters. The van der Waals surface area contributed by atoms with E-state index in [1.165, 1.54) is 12.0 Å². The lowest BCUT2D eigenvalue weighted by Crippen LogP contribution is -2.00. The fourth-order valence-electron chi connectivity index (χ4n) is 2.01. The molecule has 3 heteroatoms. The molecule has 0 saturated carbocycles. The Morgan fingerprint density at radius 3 is 2.64 bits per heavy atom. The van der Waals surface area contributed by atoms with E-state index in [1.54, 1.807) is 0 Å². The Morgan fingerprint density at radius 1 is 1.14 bits per heavy atom. The zero-order valence-corrected chi connectivity index (χ0v) is 10.9. The lowest BCUT2D eigenvalue weighted by Gasteiger charge is -2.14. The Labute approximate surface area is 101 Å². The highest BCUT2D eigenvalue weighted by Crippen LogP contribution is 2.37. The van der Waals surface area contributed by atoms with Gasteiger partial charge in [0, 0.05) is 8.95 Å². The van der Waals surface area contributed by atoms with Gasteiger partial charge >= 0.3 is 0 Å². The highest BCUT2D eigenvalue weighted by atomic mass is 79.9. The van der Waals surface area contributed by atoms with Crippen LogP contribution in [-0.2, 0) is 6.42 Å². The summed E-state index contributed by atoms with van der Waals surface area (Å²) in [5.74, 6) is 0. The summed E-state index contributed by atoms with van der Waals surface area (Å²) < 4.78 is 2.15. The summed E-state index contributed by atoms with van der Waals surface area (Å²) in [7, 11) is 0. The van der Waals surface area contributed by atoms with Crippen molar-refractivity contribution in [1.82, 2.24) is 0 Å². The van der Waals surface area contributed by atoms with Crippen LogP contribution in [0.25, 0.3) is 0 Å². The van der Waals surface area contributed by atoms with Crippen molar-refractivity contribution in [2.75, 3.05) is 0 Å². The van der Waals surface area contributed by atoms with Gasteiger partial charge in [-0.25, -0.2) is 0 Å². The molecule has 1 N–H and O–H groups in total. The van der Waals surface area contributed by atoms with E-state index in [4.69, 9.17) is 0 Å². The van der Waals surface area contributed by atoms with Gasteiger partial charge in [-0.15, -0.1) is 0 Å². The Morgan fingerprint density at radius 2 is 1.86 bits per heavy atom. The maximum atomic E-state index is 10.00. The van der Waals surface area contributed by atoms with Crippen molar-refractivity contribution in [1.29, 1.82) is 0 Å². The normalized spacial score (nSPS) is 21.5. The maximum absolute atomic E-state index is 10.00. The summed E-state index contributed by atoms with van der Waals surface area (Å²) in [6.45, 7) is 0. The van der Waals surface area contributed by atoms with Gasteiger partial charge in [0.05, 0.1) is 6.10 Å². The van der Waals surface area contributed by atoms with Crippen LogP contribution in [0.15, 0.2) is 21.1 Å². The number of aliphatic hydroxyl groups is 1. The van der Waals surface area contributed by atoms with Crippen LogP contribution in [-0.4, -0.2) is 5.11 Å². The van der Waals surface area contributed by atoms with Crippen molar-refractivity contribution < 1.29 is 5.11 Å². The first-order valence-corrected chi connectivity index (χ1v) is 6.43. The topological polar surface area (TPSA) is 20.2 Å². The molecule has 0 aromatic heterocycles. The van der Waals surface area contributed by atoms with E-state index in [2.05, 4.69) is 31.9 Å². The molecule has 76 valence electrons. The molecule has 1 aromatic rings. The van der Waals surface area contributed by atoms with Crippen LogP contribution in [0.4, 0.5) is 0 Å². The number of benzene rings is 1. The molecule has 1 aromatic carbocycles. The summed E-state index contributed by atoms with van der Waals surface area (Å²) in [5, 5.41) is 10.00. The van der Waals surface area contributed by atoms with E-state index in [9.17, 15) is 5.11 Å². The van der Waals surface area contributed by atoms with Crippen molar-refractivity contribution in [2.24, 2.45) is 0 Å². The third-order valence-corrected chi connectivity index (χ3v) is 4.17. The average molecular weight is 320 g/mol. The summed E-state index contributed by atoms with van der Waals surface area (Å²) >= 11 is 7.06. The summed E-state index contributed by atoms with van der Waals surface area (Å²) in [6, 6.07) is 4.04. The fraction of sp³-hybridized carbons (Fsp3) is 0.455. The van der Waals surface area contributed by atoms with Gasteiger partial charge in [0.2, 0.25) is 0 Å². The molecule has 0 amide bonds. The minimum absolute atomic E-state index is 0.306. The standard InChI is InChI=1S/C11H12Br2O/c12-8-5-6-9(13)11-7(8)3-1-2-4-10(11)14/h5-6,10,14H,1-4H2/t10-/m1/s1. The van der Waals surface area contributed by atoms with Gasteiger partial charge in [-0.1, -0.05) is 38.3 Å². The van der Waals surface area contributed by atoms with Crippen LogP contribution in [0.2, 0.25) is 0 Å². The molecule has 1 aliphatic rings. The van der Waals surface area contributed by atoms with Gasteiger partial charge in [-0.05, 0) is 42.5 Å². The van der Waals surface area contributed by atoms with Gasteiger partial charge in [-0.2, -0.15) is 0 Å². The van der Waals surface area contributed by atoms with Gasteiger partial charge in [-0.3, -0.25) is 0 Å². The quantitative estimate of drug-likeness (QED) is 0.717. The molecule has 0 saturated heterocycles. The van der Waals surface area contributed by atoms with Crippen molar-refractivity contribution in [3.05, 3.63) is 32.2 Å². The van der Waals surface area contributed by atoms with Gasteiger partial charge in [0.1, 0.15) is 0 Å². The van der Waals surface area contributed by atoms with Gasteiger partial charge < -0.3 is 5.11 Å². The molecule has 0 heterocycles. The first-order valence-electron chi connectivity index (χ1n) is 4.85. The van der Waals surface area contributed by atoms with Crippen molar-refractivity contribution >= 4 is 31.9 Å². The number of hydrogen-bond acceptors (Lipinski definition) is 1. The lowest BCUT2D eigenvalue weighted by atomic mass is 10.0.